The van der Waals surface area contributed by atoms with Crippen molar-refractivity contribution in [3.8, 4) is 0 Å². The van der Waals surface area contributed by atoms with Crippen LogP contribution in [0.3, 0.4) is 0 Å². The van der Waals surface area contributed by atoms with Crippen LogP contribution >= 0.6 is 0 Å². The van der Waals surface area contributed by atoms with E-state index < -0.39 is 15.0 Å². The van der Waals surface area contributed by atoms with E-state index in [9.17, 15) is 0 Å². The minimum atomic E-state index is -4.09. The highest BCUT2D eigenvalue weighted by atomic mass is 28.4. The summed E-state index contributed by atoms with van der Waals surface area (Å²) in [5.41, 5.74) is 6.32. The minimum Gasteiger partial charge on any atom is -0.361 e. The number of nitrogens with zero attached hydrogens (tertiary/aromatic N) is 7. The lowest BCUT2D eigenvalue weighted by Gasteiger charge is -2.46. The van der Waals surface area contributed by atoms with Crippen molar-refractivity contribution < 1.29 is 8.85 Å². The van der Waals surface area contributed by atoms with E-state index in [1.165, 1.54) is 38.5 Å². The standard InChI is InChI=1S/C50H54N8O2Si/c1-29-15-13-16-30(2)41(29)27-59-61(60-28-42-31(3)17-14-18-32(42)4)57-47-37-23-9-10-24-38(37)49(57)55-45-35-21-7-8-22-36(35)46(52-45)56-50-40-26-12-11-25-39(40)48(58(50)61)54-44-34-20-6-5-19-33(34)43(51-44)53-47/h5-7,9-12,19-21,23-26,29-32,41-42,47H,8,13-18,22,27-28H2,1-4H3,(H,51,53,54). The first-order valence-electron chi connectivity index (χ1n) is 22.9. The molecule has 5 atom stereocenters. The van der Waals surface area contributed by atoms with Crippen LogP contribution in [0.25, 0.3) is 10.8 Å². The van der Waals surface area contributed by atoms with Gasteiger partial charge in [-0.3, -0.25) is 8.80 Å². The van der Waals surface area contributed by atoms with E-state index in [0.717, 1.165) is 80.3 Å². The molecule has 61 heavy (non-hydrogen) atoms. The molecular formula is C50H54N8O2Si. The number of aliphatic imine (C=N–C) groups is 5. The first kappa shape index (κ1) is 37.5. The van der Waals surface area contributed by atoms with Gasteiger partial charge >= 0.3 is 8.88 Å². The quantitative estimate of drug-likeness (QED) is 0.196. The second kappa shape index (κ2) is 14.4. The molecule has 310 valence electrons. The van der Waals surface area contributed by atoms with E-state index in [2.05, 4.69) is 127 Å². The molecule has 6 bridgehead atoms. The van der Waals surface area contributed by atoms with Gasteiger partial charge in [0.2, 0.25) is 0 Å². The molecule has 4 aromatic rings. The van der Waals surface area contributed by atoms with E-state index in [0.29, 0.717) is 66.2 Å². The van der Waals surface area contributed by atoms with Gasteiger partial charge in [0.1, 0.15) is 29.5 Å². The molecule has 5 aliphatic heterocycles. The number of nitrogens with one attached hydrogen (secondary N) is 1. The van der Waals surface area contributed by atoms with Crippen molar-refractivity contribution in [3.63, 3.8) is 0 Å². The first-order chi connectivity index (χ1) is 29.9. The van der Waals surface area contributed by atoms with Gasteiger partial charge < -0.3 is 14.2 Å². The highest BCUT2D eigenvalue weighted by Gasteiger charge is 2.62. The number of hydrogen-bond donors (Lipinski definition) is 1. The van der Waals surface area contributed by atoms with Crippen LogP contribution in [0.5, 0.6) is 0 Å². The Balaban J connectivity index is 1.22. The molecule has 0 spiro atoms. The van der Waals surface area contributed by atoms with E-state index in [4.69, 9.17) is 33.8 Å². The topological polar surface area (TPSA) is 100 Å². The molecule has 2 fully saturated rings. The summed E-state index contributed by atoms with van der Waals surface area (Å²) in [7, 11) is -4.09. The summed E-state index contributed by atoms with van der Waals surface area (Å²) in [6.45, 7) is 10.8. The molecule has 0 amide bonds. The predicted octanol–water partition coefficient (Wildman–Crippen LogP) is 10.4. The van der Waals surface area contributed by atoms with Gasteiger partial charge in [-0.25, -0.2) is 25.0 Å². The van der Waals surface area contributed by atoms with Crippen LogP contribution in [0.1, 0.15) is 107 Å². The minimum absolute atomic E-state index is 0.355. The molecule has 2 saturated carbocycles. The normalized spacial score (nSPS) is 30.7. The molecule has 5 unspecified atom stereocenters. The van der Waals surface area contributed by atoms with Crippen LogP contribution in [-0.4, -0.2) is 60.1 Å². The second-order valence-corrected chi connectivity index (χ2v) is 21.5. The summed E-state index contributed by atoms with van der Waals surface area (Å²) in [6.07, 6.45) is 13.1. The van der Waals surface area contributed by atoms with Crippen LogP contribution in [0.4, 0.5) is 11.6 Å². The fraction of sp³-hybridized carbons (Fsp3) is 0.420. The van der Waals surface area contributed by atoms with Gasteiger partial charge in [-0.1, -0.05) is 151 Å². The molecule has 1 aromatic heterocycles. The maximum atomic E-state index is 8.11. The number of hydrogen-bond acceptors (Lipinski definition) is 9. The lowest BCUT2D eigenvalue weighted by Crippen LogP contribution is -2.68. The van der Waals surface area contributed by atoms with Crippen molar-refractivity contribution in [3.05, 3.63) is 118 Å². The first-order valence-corrected chi connectivity index (χ1v) is 24.6. The third-order valence-electron chi connectivity index (χ3n) is 15.3. The van der Waals surface area contributed by atoms with Crippen molar-refractivity contribution >= 4 is 60.5 Å². The zero-order valence-electron chi connectivity index (χ0n) is 35.6. The third-order valence-corrected chi connectivity index (χ3v) is 18.5. The number of aromatic nitrogens is 1. The maximum absolute atomic E-state index is 8.11. The smallest absolute Gasteiger partial charge is 0.361 e. The number of fused-ring (bicyclic) bond motifs is 13. The summed E-state index contributed by atoms with van der Waals surface area (Å²) in [5.74, 6) is 7.93. The van der Waals surface area contributed by atoms with Gasteiger partial charge in [0, 0.05) is 57.4 Å². The molecule has 3 aliphatic carbocycles. The Hall–Kier alpha value is -5.23. The highest BCUT2D eigenvalue weighted by Crippen LogP contribution is 2.50. The van der Waals surface area contributed by atoms with Crippen LogP contribution in [0.15, 0.2) is 121 Å². The van der Waals surface area contributed by atoms with E-state index in [1.807, 2.05) is 0 Å². The van der Waals surface area contributed by atoms with Crippen molar-refractivity contribution in [1.29, 1.82) is 0 Å². The van der Waals surface area contributed by atoms with Gasteiger partial charge in [0.15, 0.2) is 17.5 Å². The Bertz CT molecular complexity index is 2670. The second-order valence-electron chi connectivity index (χ2n) is 18.9. The fourth-order valence-electron chi connectivity index (χ4n) is 11.8. The molecule has 10 nitrogen and oxygen atoms in total. The molecule has 11 heteroatoms. The fourth-order valence-corrected chi connectivity index (χ4v) is 15.3. The summed E-state index contributed by atoms with van der Waals surface area (Å²) in [5, 5.41) is 6.01. The Morgan fingerprint density at radius 3 is 1.90 bits per heavy atom. The average Bonchev–Trinajstić information content (AvgIpc) is 3.99. The van der Waals surface area contributed by atoms with E-state index in [-0.39, 0.29) is 0 Å². The molecule has 12 rings (SSSR count). The molecule has 6 heterocycles. The molecular weight excluding hydrogens is 773 g/mol. The summed E-state index contributed by atoms with van der Waals surface area (Å²) < 4.78 is 21.0. The van der Waals surface area contributed by atoms with Crippen molar-refractivity contribution in [1.82, 2.24) is 14.1 Å². The Kier molecular flexibility index (Phi) is 8.87. The molecule has 8 aliphatic rings. The Labute approximate surface area is 359 Å². The van der Waals surface area contributed by atoms with Gasteiger partial charge in [-0.2, -0.15) is 0 Å². The number of benzene rings is 3. The monoisotopic (exact) mass is 826 g/mol. The van der Waals surface area contributed by atoms with Crippen molar-refractivity contribution in [2.24, 2.45) is 60.5 Å². The van der Waals surface area contributed by atoms with Crippen LogP contribution < -0.4 is 5.32 Å². The van der Waals surface area contributed by atoms with Gasteiger partial charge in [0.25, 0.3) is 0 Å². The van der Waals surface area contributed by atoms with E-state index >= 15 is 0 Å². The maximum Gasteiger partial charge on any atom is 0.599 e. The molecule has 1 N–H and O–H groups in total. The molecule has 0 radical (unpaired) electrons. The zero-order valence-corrected chi connectivity index (χ0v) is 36.6. The molecule has 0 saturated heterocycles. The SMILES string of the molecule is CC1CCCC(C)C1CO[Si]1(OCC2C(C)CCCC2C)N2C3=NC4=NC(=Nc5c6ccccc6c(n51)N=C1N=C(NC2c2ccccc23)c2ccccc21)C1=C4C=CCC1. The number of allylic oxidation sites excluding steroid dienone is 1. The third kappa shape index (κ3) is 5.76. The Morgan fingerprint density at radius 1 is 0.639 bits per heavy atom. The van der Waals surface area contributed by atoms with Gasteiger partial charge in [-0.05, 0) is 48.3 Å². The number of rotatable bonds is 6. The lowest BCUT2D eigenvalue weighted by atomic mass is 9.74. The Morgan fingerprint density at radius 2 is 1.23 bits per heavy atom. The van der Waals surface area contributed by atoms with Crippen LogP contribution in [0, 0.1) is 35.5 Å². The van der Waals surface area contributed by atoms with Gasteiger partial charge in [0.05, 0.1) is 0 Å². The lowest BCUT2D eigenvalue weighted by molar-refractivity contribution is 0.0264. The average molecular weight is 827 g/mol. The summed E-state index contributed by atoms with van der Waals surface area (Å²) in [4.78, 5) is 27.8. The van der Waals surface area contributed by atoms with Gasteiger partial charge in [-0.15, -0.1) is 0 Å². The summed E-state index contributed by atoms with van der Waals surface area (Å²) in [6, 6.07) is 25.7. The zero-order chi connectivity index (χ0) is 41.0. The van der Waals surface area contributed by atoms with Crippen molar-refractivity contribution in [2.75, 3.05) is 13.2 Å². The largest absolute Gasteiger partial charge is 0.599 e. The molecule has 3 aromatic carbocycles. The van der Waals surface area contributed by atoms with Crippen molar-refractivity contribution in [2.45, 2.75) is 85.2 Å². The van der Waals surface area contributed by atoms with Crippen LogP contribution in [-0.2, 0) is 8.85 Å². The highest BCUT2D eigenvalue weighted by molar-refractivity contribution is 6.68. The van der Waals surface area contributed by atoms with E-state index in [1.54, 1.807) is 0 Å². The predicted molar refractivity (Wildman–Crippen MR) is 246 cm³/mol. The summed E-state index contributed by atoms with van der Waals surface area (Å²) >= 11 is 0. The number of amidine groups is 5. The van der Waals surface area contributed by atoms with Crippen LogP contribution in [0.2, 0.25) is 0 Å².